The Labute approximate surface area is 80.9 Å². The van der Waals surface area contributed by atoms with Crippen LogP contribution in [0, 0.1) is 0 Å². The van der Waals surface area contributed by atoms with Gasteiger partial charge in [0.15, 0.2) is 5.03 Å². The predicted octanol–water partition coefficient (Wildman–Crippen LogP) is 0.768. The molecule has 5 nitrogen and oxygen atoms in total. The molecule has 0 amide bonds. The average molecular weight is 250 g/mol. The Hall–Kier alpha value is -0.830. The van der Waals surface area contributed by atoms with Gasteiger partial charge in [-0.15, -0.1) is 5.10 Å². The van der Waals surface area contributed by atoms with Crippen molar-refractivity contribution in [2.24, 2.45) is 0 Å². The van der Waals surface area contributed by atoms with E-state index in [0.717, 1.165) is 0 Å². The summed E-state index contributed by atoms with van der Waals surface area (Å²) in [4.78, 5) is 0. The van der Waals surface area contributed by atoms with Crippen LogP contribution in [0.3, 0.4) is 0 Å². The summed E-state index contributed by atoms with van der Waals surface area (Å²) >= 11 is 0. The van der Waals surface area contributed by atoms with Crippen LogP contribution in [0.4, 0.5) is 13.2 Å². The molecule has 0 atom stereocenters. The van der Waals surface area contributed by atoms with E-state index in [4.69, 9.17) is 10.7 Å². The van der Waals surface area contributed by atoms with Gasteiger partial charge in [0.25, 0.3) is 9.05 Å². The molecule has 80 valence electrons. The van der Waals surface area contributed by atoms with Gasteiger partial charge in [-0.1, -0.05) is 5.21 Å². The van der Waals surface area contributed by atoms with Crippen molar-refractivity contribution >= 4 is 19.7 Å². The number of aromatic nitrogens is 3. The standard InChI is InChI=1S/C4H3ClF3N3O2S/c5-14(12,13)3-1-9-10-11(3)2-4(6,7)8/h1H,2H2. The van der Waals surface area contributed by atoms with Crippen LogP contribution in [-0.2, 0) is 15.6 Å². The van der Waals surface area contributed by atoms with Crippen LogP contribution in [0.5, 0.6) is 0 Å². The van der Waals surface area contributed by atoms with Gasteiger partial charge in [-0.05, 0) is 0 Å². The first-order chi connectivity index (χ1) is 6.20. The summed E-state index contributed by atoms with van der Waals surface area (Å²) in [5.41, 5.74) is 0. The van der Waals surface area contributed by atoms with Crippen LogP contribution in [0.25, 0.3) is 0 Å². The molecule has 0 aliphatic carbocycles. The minimum absolute atomic E-state index is 0.169. The second-order valence-electron chi connectivity index (χ2n) is 2.28. The second-order valence-corrected chi connectivity index (χ2v) is 4.80. The molecule has 0 N–H and O–H groups in total. The van der Waals surface area contributed by atoms with Gasteiger partial charge < -0.3 is 0 Å². The van der Waals surface area contributed by atoms with Crippen molar-refractivity contribution < 1.29 is 21.6 Å². The van der Waals surface area contributed by atoms with Gasteiger partial charge in [-0.25, -0.2) is 13.1 Å². The van der Waals surface area contributed by atoms with Crippen molar-refractivity contribution in [1.82, 2.24) is 15.0 Å². The molecule has 0 fully saturated rings. The lowest BCUT2D eigenvalue weighted by Crippen LogP contribution is -2.21. The molecule has 1 aromatic rings. The third kappa shape index (κ3) is 2.84. The highest BCUT2D eigenvalue weighted by Gasteiger charge is 2.31. The van der Waals surface area contributed by atoms with Gasteiger partial charge >= 0.3 is 6.18 Å². The molecule has 0 aliphatic heterocycles. The Morgan fingerprint density at radius 1 is 1.50 bits per heavy atom. The molecule has 0 spiro atoms. The number of nitrogens with zero attached hydrogens (tertiary/aromatic N) is 3. The highest BCUT2D eigenvalue weighted by molar-refractivity contribution is 8.13. The van der Waals surface area contributed by atoms with Gasteiger partial charge in [0.1, 0.15) is 6.54 Å². The first-order valence-electron chi connectivity index (χ1n) is 3.10. The van der Waals surface area contributed by atoms with Crippen molar-refractivity contribution in [3.8, 4) is 0 Å². The van der Waals surface area contributed by atoms with Crippen LogP contribution < -0.4 is 0 Å². The topological polar surface area (TPSA) is 64.8 Å². The lowest BCUT2D eigenvalue weighted by Gasteiger charge is -2.06. The minimum Gasteiger partial charge on any atom is -0.224 e. The van der Waals surface area contributed by atoms with Gasteiger partial charge in [0.05, 0.1) is 6.20 Å². The molecule has 0 unspecified atom stereocenters. The number of hydrogen-bond acceptors (Lipinski definition) is 4. The van der Waals surface area contributed by atoms with E-state index in [1.54, 1.807) is 0 Å². The van der Waals surface area contributed by atoms with E-state index in [0.29, 0.717) is 6.20 Å². The van der Waals surface area contributed by atoms with Gasteiger partial charge in [-0.3, -0.25) is 0 Å². The summed E-state index contributed by atoms with van der Waals surface area (Å²) in [6.07, 6.45) is -3.93. The SMILES string of the molecule is O=S(=O)(Cl)c1cnnn1CC(F)(F)F. The first kappa shape index (κ1) is 11.2. The van der Waals surface area contributed by atoms with Gasteiger partial charge in [0.2, 0.25) is 0 Å². The molecule has 1 aromatic heterocycles. The Morgan fingerprint density at radius 3 is 2.50 bits per heavy atom. The number of rotatable bonds is 2. The minimum atomic E-state index is -4.58. The second kappa shape index (κ2) is 3.39. The summed E-state index contributed by atoms with van der Waals surface area (Å²) in [5.74, 6) is 0. The van der Waals surface area contributed by atoms with Crippen LogP contribution in [0.15, 0.2) is 11.2 Å². The van der Waals surface area contributed by atoms with E-state index in [1.807, 2.05) is 0 Å². The number of alkyl halides is 3. The van der Waals surface area contributed by atoms with Crippen LogP contribution in [-0.4, -0.2) is 29.6 Å². The van der Waals surface area contributed by atoms with Crippen LogP contribution in [0.2, 0.25) is 0 Å². The summed E-state index contributed by atoms with van der Waals surface area (Å²) in [6.45, 7) is -1.55. The quantitative estimate of drug-likeness (QED) is 0.726. The van der Waals surface area contributed by atoms with E-state index >= 15 is 0 Å². The molecule has 10 heteroatoms. The summed E-state index contributed by atoms with van der Waals surface area (Å²) in [7, 11) is 0.586. The fourth-order valence-corrected chi connectivity index (χ4v) is 1.60. The van der Waals surface area contributed by atoms with Crippen molar-refractivity contribution in [2.75, 3.05) is 0 Å². The molecule has 0 radical (unpaired) electrons. The maximum absolute atomic E-state index is 11.9. The van der Waals surface area contributed by atoms with E-state index in [2.05, 4.69) is 10.3 Å². The number of hydrogen-bond donors (Lipinski definition) is 0. The monoisotopic (exact) mass is 249 g/mol. The smallest absolute Gasteiger partial charge is 0.224 e. The van der Waals surface area contributed by atoms with E-state index in [1.165, 1.54) is 0 Å². The van der Waals surface area contributed by atoms with Crippen molar-refractivity contribution in [3.63, 3.8) is 0 Å². The Balaban J connectivity index is 3.07. The Bertz CT molecular complexity index is 425. The molecule has 0 aromatic carbocycles. The molecule has 0 aliphatic rings. The van der Waals surface area contributed by atoms with Gasteiger partial charge in [-0.2, -0.15) is 13.2 Å². The average Bonchev–Trinajstić information content (AvgIpc) is 2.29. The van der Waals surface area contributed by atoms with E-state index < -0.39 is 26.8 Å². The molecule has 0 bridgehead atoms. The Kier molecular flexibility index (Phi) is 2.72. The Morgan fingerprint density at radius 2 is 2.07 bits per heavy atom. The summed E-state index contributed by atoms with van der Waals surface area (Å²) < 4.78 is 57.1. The summed E-state index contributed by atoms with van der Waals surface area (Å²) in [5, 5.41) is 5.19. The van der Waals surface area contributed by atoms with Crippen molar-refractivity contribution in [2.45, 2.75) is 17.7 Å². The molecule has 0 saturated heterocycles. The third-order valence-electron chi connectivity index (χ3n) is 1.16. The zero-order chi connectivity index (χ0) is 11.0. The largest absolute Gasteiger partial charge is 0.408 e. The maximum atomic E-state index is 11.9. The fourth-order valence-electron chi connectivity index (χ4n) is 0.716. The highest BCUT2D eigenvalue weighted by Crippen LogP contribution is 2.20. The maximum Gasteiger partial charge on any atom is 0.408 e. The molecule has 1 heterocycles. The van der Waals surface area contributed by atoms with Crippen molar-refractivity contribution in [3.05, 3.63) is 6.20 Å². The van der Waals surface area contributed by atoms with Crippen LogP contribution in [0.1, 0.15) is 0 Å². The molecule has 14 heavy (non-hydrogen) atoms. The van der Waals surface area contributed by atoms with Crippen molar-refractivity contribution in [1.29, 1.82) is 0 Å². The van der Waals surface area contributed by atoms with Crippen LogP contribution >= 0.6 is 10.7 Å². The number of halogens is 4. The zero-order valence-electron chi connectivity index (χ0n) is 6.36. The molecule has 0 saturated carbocycles. The summed E-state index contributed by atoms with van der Waals surface area (Å²) in [6, 6.07) is 0. The van der Waals surface area contributed by atoms with E-state index in [-0.39, 0.29) is 4.68 Å². The molecular formula is C4H3ClF3N3O2S. The third-order valence-corrected chi connectivity index (χ3v) is 2.45. The highest BCUT2D eigenvalue weighted by atomic mass is 35.7. The normalized spacial score (nSPS) is 13.1. The lowest BCUT2D eigenvalue weighted by molar-refractivity contribution is -0.144. The molecule has 1 rings (SSSR count). The zero-order valence-corrected chi connectivity index (χ0v) is 7.94. The van der Waals surface area contributed by atoms with Gasteiger partial charge in [0, 0.05) is 10.7 Å². The lowest BCUT2D eigenvalue weighted by atomic mass is 10.6. The first-order valence-corrected chi connectivity index (χ1v) is 5.41. The fraction of sp³-hybridized carbons (Fsp3) is 0.500. The van der Waals surface area contributed by atoms with E-state index in [9.17, 15) is 21.6 Å². The molecular weight excluding hydrogens is 247 g/mol. The predicted molar refractivity (Wildman–Crippen MR) is 39.1 cm³/mol.